The lowest BCUT2D eigenvalue weighted by molar-refractivity contribution is -0.140. The summed E-state index contributed by atoms with van der Waals surface area (Å²) in [7, 11) is -2.37. The van der Waals surface area contributed by atoms with Crippen LogP contribution in [0.15, 0.2) is 42.5 Å². The Kier molecular flexibility index (Phi) is 11.3. The van der Waals surface area contributed by atoms with Gasteiger partial charge in [0.1, 0.15) is 18.3 Å². The van der Waals surface area contributed by atoms with E-state index in [4.69, 9.17) is 27.9 Å². The van der Waals surface area contributed by atoms with Crippen LogP contribution in [0.3, 0.4) is 0 Å². The minimum atomic E-state index is -3.84. The van der Waals surface area contributed by atoms with Crippen LogP contribution in [0.4, 0.5) is 5.69 Å². The van der Waals surface area contributed by atoms with Crippen LogP contribution >= 0.6 is 23.2 Å². The van der Waals surface area contributed by atoms with E-state index in [0.717, 1.165) is 23.4 Å². The summed E-state index contributed by atoms with van der Waals surface area (Å²) in [5, 5.41) is 3.56. The van der Waals surface area contributed by atoms with Crippen molar-refractivity contribution >= 4 is 50.7 Å². The molecule has 1 N–H and O–H groups in total. The number of unbranched alkanes of at least 4 members (excludes halogenated alkanes) is 1. The second-order valence-electron chi connectivity index (χ2n) is 8.31. The van der Waals surface area contributed by atoms with E-state index in [9.17, 15) is 18.0 Å². The Labute approximate surface area is 223 Å². The molecular weight excluding hydrogens is 525 g/mol. The fourth-order valence-electron chi connectivity index (χ4n) is 3.64. The van der Waals surface area contributed by atoms with Gasteiger partial charge < -0.3 is 15.0 Å². The molecule has 2 aromatic carbocycles. The maximum absolute atomic E-state index is 13.7. The van der Waals surface area contributed by atoms with Crippen molar-refractivity contribution in [1.82, 2.24) is 10.2 Å². The van der Waals surface area contributed by atoms with E-state index in [2.05, 4.69) is 5.32 Å². The fourth-order valence-corrected chi connectivity index (χ4v) is 4.80. The normalized spacial score (nSPS) is 12.1. The summed E-state index contributed by atoms with van der Waals surface area (Å²) in [5.74, 6) is -0.388. The van der Waals surface area contributed by atoms with Crippen LogP contribution in [0, 0.1) is 0 Å². The van der Waals surface area contributed by atoms with E-state index < -0.39 is 28.5 Å². The minimum Gasteiger partial charge on any atom is -0.497 e. The number of sulfonamides is 1. The molecule has 0 bridgehead atoms. The highest BCUT2D eigenvalue weighted by Crippen LogP contribution is 2.26. The summed E-state index contributed by atoms with van der Waals surface area (Å²) in [5.41, 5.74) is 0.935. The standard InChI is InChI=1S/C25H33Cl2N3O5S/c1-5-7-13-28-25(32)23(6-2)29(16-18-11-12-21(26)22(27)14-18)24(31)17-30(36(4,33)34)19-9-8-10-20(15-19)35-3/h8-12,14-15,23H,5-7,13,16-17H2,1-4H3,(H,28,32)/t23-/m1/s1. The van der Waals surface area contributed by atoms with Crippen molar-refractivity contribution in [3.05, 3.63) is 58.1 Å². The van der Waals surface area contributed by atoms with Gasteiger partial charge in [-0.25, -0.2) is 8.42 Å². The first-order chi connectivity index (χ1) is 17.0. The van der Waals surface area contributed by atoms with Gasteiger partial charge in [0.15, 0.2) is 0 Å². The smallest absolute Gasteiger partial charge is 0.244 e. The molecule has 0 spiro atoms. The first kappa shape index (κ1) is 29.7. The number of rotatable bonds is 13. The lowest BCUT2D eigenvalue weighted by Crippen LogP contribution is -2.52. The van der Waals surface area contributed by atoms with Gasteiger partial charge in [-0.3, -0.25) is 13.9 Å². The first-order valence-corrected chi connectivity index (χ1v) is 14.2. The van der Waals surface area contributed by atoms with Gasteiger partial charge in [-0.05, 0) is 42.7 Å². The Bertz CT molecular complexity index is 1160. The van der Waals surface area contributed by atoms with Gasteiger partial charge in [0, 0.05) is 19.2 Å². The molecular formula is C25H33Cl2N3O5S. The monoisotopic (exact) mass is 557 g/mol. The zero-order valence-corrected chi connectivity index (χ0v) is 23.3. The van der Waals surface area contributed by atoms with Gasteiger partial charge in [0.05, 0.1) is 29.1 Å². The number of hydrogen-bond donors (Lipinski definition) is 1. The number of amides is 2. The van der Waals surface area contributed by atoms with Gasteiger partial charge >= 0.3 is 0 Å². The molecule has 2 aromatic rings. The summed E-state index contributed by atoms with van der Waals surface area (Å²) in [6, 6.07) is 10.6. The molecule has 1 atom stereocenters. The fraction of sp³-hybridized carbons (Fsp3) is 0.440. The number of ether oxygens (including phenoxy) is 1. The van der Waals surface area contributed by atoms with Crippen LogP contribution in [-0.2, 0) is 26.2 Å². The minimum absolute atomic E-state index is 0.0468. The molecule has 2 amide bonds. The Morgan fingerprint density at radius 3 is 2.39 bits per heavy atom. The van der Waals surface area contributed by atoms with E-state index in [1.165, 1.54) is 18.1 Å². The average molecular weight is 559 g/mol. The van der Waals surface area contributed by atoms with Crippen molar-refractivity contribution in [2.75, 3.05) is 30.8 Å². The van der Waals surface area contributed by atoms with Crippen LogP contribution < -0.4 is 14.4 Å². The second kappa shape index (κ2) is 13.7. The number of nitrogens with one attached hydrogen (secondary N) is 1. The predicted octanol–water partition coefficient (Wildman–Crippen LogP) is 4.49. The van der Waals surface area contributed by atoms with Gasteiger partial charge in [-0.1, -0.05) is 55.6 Å². The molecule has 11 heteroatoms. The molecule has 0 aromatic heterocycles. The molecule has 0 aliphatic rings. The highest BCUT2D eigenvalue weighted by molar-refractivity contribution is 7.92. The molecule has 36 heavy (non-hydrogen) atoms. The highest BCUT2D eigenvalue weighted by atomic mass is 35.5. The van der Waals surface area contributed by atoms with Crippen LogP contribution in [0.25, 0.3) is 0 Å². The number of carbonyl (C=O) groups is 2. The summed E-state index contributed by atoms with van der Waals surface area (Å²) in [4.78, 5) is 28.1. The SMILES string of the molecule is CCCCNC(=O)[C@@H](CC)N(Cc1ccc(Cl)c(Cl)c1)C(=O)CN(c1cccc(OC)c1)S(C)(=O)=O. The van der Waals surface area contributed by atoms with Gasteiger partial charge in [-0.15, -0.1) is 0 Å². The quantitative estimate of drug-likeness (QED) is 0.366. The molecule has 198 valence electrons. The Morgan fingerprint density at radius 1 is 1.08 bits per heavy atom. The van der Waals surface area contributed by atoms with Crippen LogP contribution in [0.1, 0.15) is 38.7 Å². The summed E-state index contributed by atoms with van der Waals surface area (Å²) in [6.07, 6.45) is 3.08. The molecule has 0 heterocycles. The summed E-state index contributed by atoms with van der Waals surface area (Å²) in [6.45, 7) is 3.86. The Morgan fingerprint density at radius 2 is 1.81 bits per heavy atom. The maximum Gasteiger partial charge on any atom is 0.244 e. The Balaban J connectivity index is 2.44. The van der Waals surface area contributed by atoms with Gasteiger partial charge in [-0.2, -0.15) is 0 Å². The molecule has 8 nitrogen and oxygen atoms in total. The predicted molar refractivity (Wildman–Crippen MR) is 144 cm³/mol. The molecule has 0 saturated heterocycles. The molecule has 0 radical (unpaired) electrons. The van der Waals surface area contributed by atoms with Crippen LogP contribution in [-0.4, -0.2) is 57.6 Å². The molecule has 0 fully saturated rings. The average Bonchev–Trinajstić information content (AvgIpc) is 2.83. The topological polar surface area (TPSA) is 96.0 Å². The summed E-state index contributed by atoms with van der Waals surface area (Å²) < 4.78 is 31.6. The third-order valence-corrected chi connectivity index (χ3v) is 7.45. The van der Waals surface area contributed by atoms with Crippen molar-refractivity contribution in [2.24, 2.45) is 0 Å². The van der Waals surface area contributed by atoms with E-state index in [0.29, 0.717) is 34.3 Å². The first-order valence-electron chi connectivity index (χ1n) is 11.6. The molecule has 0 unspecified atom stereocenters. The Hall–Kier alpha value is -2.49. The molecule has 0 saturated carbocycles. The van der Waals surface area contributed by atoms with Crippen molar-refractivity contribution in [3.63, 3.8) is 0 Å². The molecule has 0 aliphatic carbocycles. The molecule has 2 rings (SSSR count). The van der Waals surface area contributed by atoms with E-state index in [-0.39, 0.29) is 18.1 Å². The van der Waals surface area contributed by atoms with Gasteiger partial charge in [0.25, 0.3) is 0 Å². The number of benzene rings is 2. The van der Waals surface area contributed by atoms with Crippen molar-refractivity contribution < 1.29 is 22.7 Å². The maximum atomic E-state index is 13.7. The highest BCUT2D eigenvalue weighted by Gasteiger charge is 2.31. The van der Waals surface area contributed by atoms with Crippen LogP contribution in [0.2, 0.25) is 10.0 Å². The van der Waals surface area contributed by atoms with Crippen molar-refractivity contribution in [2.45, 2.75) is 45.7 Å². The number of nitrogens with zero attached hydrogens (tertiary/aromatic N) is 2. The largest absolute Gasteiger partial charge is 0.497 e. The van der Waals surface area contributed by atoms with Crippen molar-refractivity contribution in [3.8, 4) is 5.75 Å². The summed E-state index contributed by atoms with van der Waals surface area (Å²) >= 11 is 12.2. The lowest BCUT2D eigenvalue weighted by atomic mass is 10.1. The van der Waals surface area contributed by atoms with E-state index >= 15 is 0 Å². The third-order valence-electron chi connectivity index (χ3n) is 5.57. The van der Waals surface area contributed by atoms with Crippen LogP contribution in [0.5, 0.6) is 5.75 Å². The second-order valence-corrected chi connectivity index (χ2v) is 11.0. The number of carbonyl (C=O) groups excluding carboxylic acids is 2. The molecule has 0 aliphatic heterocycles. The third kappa shape index (κ3) is 8.28. The van der Waals surface area contributed by atoms with E-state index in [1.807, 2.05) is 6.92 Å². The van der Waals surface area contributed by atoms with Crippen molar-refractivity contribution in [1.29, 1.82) is 0 Å². The lowest BCUT2D eigenvalue weighted by Gasteiger charge is -2.33. The van der Waals surface area contributed by atoms with E-state index in [1.54, 1.807) is 43.3 Å². The number of halogens is 2. The number of anilines is 1. The number of methoxy groups -OCH3 is 1. The van der Waals surface area contributed by atoms with Gasteiger partial charge in [0.2, 0.25) is 21.8 Å². The number of hydrogen-bond acceptors (Lipinski definition) is 5. The zero-order valence-electron chi connectivity index (χ0n) is 21.0. The zero-order chi connectivity index (χ0) is 26.9.